The summed E-state index contributed by atoms with van der Waals surface area (Å²) in [6.45, 7) is 3.50. The molecule has 6 heteroatoms. The predicted molar refractivity (Wildman–Crippen MR) is 67.9 cm³/mol. The first kappa shape index (κ1) is 12.8. The lowest BCUT2D eigenvalue weighted by Crippen LogP contribution is -2.30. The van der Waals surface area contributed by atoms with Crippen LogP contribution in [0.25, 0.3) is 11.0 Å². The lowest BCUT2D eigenvalue weighted by molar-refractivity contribution is 0.560. The van der Waals surface area contributed by atoms with E-state index in [1.807, 2.05) is 0 Å². The normalized spacial score (nSPS) is 12.2. The van der Waals surface area contributed by atoms with E-state index in [4.69, 9.17) is 4.42 Å². The highest BCUT2D eigenvalue weighted by atomic mass is 32.2. The molecule has 18 heavy (non-hydrogen) atoms. The van der Waals surface area contributed by atoms with Crippen LogP contribution >= 0.6 is 0 Å². The summed E-state index contributed by atoms with van der Waals surface area (Å²) in [7, 11) is -3.53. The second kappa shape index (κ2) is 4.55. The number of nitrogens with one attached hydrogen (secondary N) is 1. The van der Waals surface area contributed by atoms with Gasteiger partial charge in [-0.05, 0) is 38.1 Å². The molecule has 1 heterocycles. The van der Waals surface area contributed by atoms with Gasteiger partial charge in [0.2, 0.25) is 10.0 Å². The number of fused-ring (bicyclic) bond motifs is 1. The zero-order valence-electron chi connectivity index (χ0n) is 10.0. The molecule has 0 unspecified atom stereocenters. The summed E-state index contributed by atoms with van der Waals surface area (Å²) < 4.78 is 31.3. The van der Waals surface area contributed by atoms with Crippen molar-refractivity contribution in [1.82, 2.24) is 4.72 Å². The SMILES string of the molecule is CC(C)NS(=O)(=O)c1ccc2oc(=O)ccc2c1. The second-order valence-corrected chi connectivity index (χ2v) is 5.94. The molecule has 1 aromatic carbocycles. The number of rotatable bonds is 3. The van der Waals surface area contributed by atoms with Gasteiger partial charge in [0.1, 0.15) is 5.58 Å². The highest BCUT2D eigenvalue weighted by Crippen LogP contribution is 2.17. The summed E-state index contributed by atoms with van der Waals surface area (Å²) in [4.78, 5) is 11.2. The van der Waals surface area contributed by atoms with E-state index in [1.54, 1.807) is 13.8 Å². The quantitative estimate of drug-likeness (QED) is 0.854. The number of hydrogen-bond donors (Lipinski definition) is 1. The molecule has 0 aliphatic heterocycles. The molecule has 0 aliphatic rings. The van der Waals surface area contributed by atoms with Gasteiger partial charge in [-0.1, -0.05) is 0 Å². The smallest absolute Gasteiger partial charge is 0.336 e. The molecule has 0 spiro atoms. The molecule has 96 valence electrons. The largest absolute Gasteiger partial charge is 0.423 e. The summed E-state index contributed by atoms with van der Waals surface area (Å²) in [6.07, 6.45) is 0. The van der Waals surface area contributed by atoms with Crippen LogP contribution in [0.1, 0.15) is 13.8 Å². The van der Waals surface area contributed by atoms with Gasteiger partial charge < -0.3 is 4.42 Å². The van der Waals surface area contributed by atoms with E-state index in [-0.39, 0.29) is 10.9 Å². The topological polar surface area (TPSA) is 76.4 Å². The fourth-order valence-electron chi connectivity index (χ4n) is 1.60. The molecule has 0 amide bonds. The van der Waals surface area contributed by atoms with E-state index in [0.717, 1.165) is 0 Å². The van der Waals surface area contributed by atoms with Crippen LogP contribution in [0, 0.1) is 0 Å². The minimum Gasteiger partial charge on any atom is -0.423 e. The molecular weight excluding hydrogens is 254 g/mol. The molecule has 0 atom stereocenters. The molecule has 2 rings (SSSR count). The zero-order valence-corrected chi connectivity index (χ0v) is 10.8. The maximum Gasteiger partial charge on any atom is 0.336 e. The maximum atomic E-state index is 11.9. The van der Waals surface area contributed by atoms with Gasteiger partial charge in [0.05, 0.1) is 4.90 Å². The van der Waals surface area contributed by atoms with Crippen molar-refractivity contribution < 1.29 is 12.8 Å². The van der Waals surface area contributed by atoms with Crippen molar-refractivity contribution in [3.63, 3.8) is 0 Å². The van der Waals surface area contributed by atoms with Crippen molar-refractivity contribution in [3.8, 4) is 0 Å². The van der Waals surface area contributed by atoms with Crippen molar-refractivity contribution in [2.75, 3.05) is 0 Å². The average molecular weight is 267 g/mol. The molecule has 5 nitrogen and oxygen atoms in total. The minimum absolute atomic E-state index is 0.151. The average Bonchev–Trinajstić information content (AvgIpc) is 2.26. The summed E-state index contributed by atoms with van der Waals surface area (Å²) in [5.74, 6) is 0. The van der Waals surface area contributed by atoms with Crippen LogP contribution in [0.5, 0.6) is 0 Å². The summed E-state index contributed by atoms with van der Waals surface area (Å²) in [6, 6.07) is 6.98. The van der Waals surface area contributed by atoms with Crippen LogP contribution in [-0.4, -0.2) is 14.5 Å². The molecule has 0 bridgehead atoms. The third kappa shape index (κ3) is 2.60. The minimum atomic E-state index is -3.53. The fraction of sp³-hybridized carbons (Fsp3) is 0.250. The Morgan fingerprint density at radius 1 is 1.17 bits per heavy atom. The Hall–Kier alpha value is -1.66. The van der Waals surface area contributed by atoms with Gasteiger partial charge in [0.15, 0.2) is 0 Å². The van der Waals surface area contributed by atoms with Crippen molar-refractivity contribution in [2.45, 2.75) is 24.8 Å². The Bertz CT molecular complexity index is 731. The molecule has 1 aromatic heterocycles. The second-order valence-electron chi connectivity index (χ2n) is 4.23. The van der Waals surface area contributed by atoms with Gasteiger partial charge in [-0.3, -0.25) is 0 Å². The van der Waals surface area contributed by atoms with Crippen LogP contribution in [0.15, 0.2) is 44.4 Å². The first-order chi connectivity index (χ1) is 8.38. The Morgan fingerprint density at radius 2 is 1.89 bits per heavy atom. The van der Waals surface area contributed by atoms with Gasteiger partial charge >= 0.3 is 5.63 Å². The molecule has 0 saturated heterocycles. The van der Waals surface area contributed by atoms with Gasteiger partial charge in [0, 0.05) is 17.5 Å². The summed E-state index contributed by atoms with van der Waals surface area (Å²) in [5.41, 5.74) is -0.0931. The highest BCUT2D eigenvalue weighted by Gasteiger charge is 2.15. The van der Waals surface area contributed by atoms with Gasteiger partial charge in [0.25, 0.3) is 0 Å². The number of hydrogen-bond acceptors (Lipinski definition) is 4. The monoisotopic (exact) mass is 267 g/mol. The van der Waals surface area contributed by atoms with E-state index >= 15 is 0 Å². The third-order valence-electron chi connectivity index (χ3n) is 2.29. The Labute approximate surface area is 104 Å². The van der Waals surface area contributed by atoms with E-state index in [2.05, 4.69) is 4.72 Å². The molecular formula is C12H13NO4S. The molecule has 1 N–H and O–H groups in total. The van der Waals surface area contributed by atoms with Gasteiger partial charge in [-0.15, -0.1) is 0 Å². The molecule has 0 saturated carbocycles. The van der Waals surface area contributed by atoms with Crippen LogP contribution < -0.4 is 10.3 Å². The van der Waals surface area contributed by atoms with Crippen LogP contribution in [0.4, 0.5) is 0 Å². The lowest BCUT2D eigenvalue weighted by Gasteiger charge is -2.09. The number of benzene rings is 1. The van der Waals surface area contributed by atoms with Gasteiger partial charge in [-0.2, -0.15) is 0 Å². The van der Waals surface area contributed by atoms with Crippen LogP contribution in [0.3, 0.4) is 0 Å². The summed E-state index contributed by atoms with van der Waals surface area (Å²) in [5, 5.41) is 0.571. The standard InChI is InChI=1S/C12H13NO4S/c1-8(2)13-18(15,16)10-4-5-11-9(7-10)3-6-12(14)17-11/h3-8,13H,1-2H3. The Morgan fingerprint density at radius 3 is 2.56 bits per heavy atom. The first-order valence-electron chi connectivity index (χ1n) is 5.45. The number of sulfonamides is 1. The van der Waals surface area contributed by atoms with E-state index < -0.39 is 15.6 Å². The molecule has 0 fully saturated rings. The van der Waals surface area contributed by atoms with Gasteiger partial charge in [-0.25, -0.2) is 17.9 Å². The van der Waals surface area contributed by atoms with Crippen molar-refractivity contribution >= 4 is 21.0 Å². The predicted octanol–water partition coefficient (Wildman–Crippen LogP) is 1.48. The summed E-state index contributed by atoms with van der Waals surface area (Å²) >= 11 is 0. The van der Waals surface area contributed by atoms with Crippen LogP contribution in [0.2, 0.25) is 0 Å². The molecule has 2 aromatic rings. The lowest BCUT2D eigenvalue weighted by atomic mass is 10.2. The Balaban J connectivity index is 2.54. The van der Waals surface area contributed by atoms with Crippen molar-refractivity contribution in [2.24, 2.45) is 0 Å². The zero-order chi connectivity index (χ0) is 13.3. The first-order valence-corrected chi connectivity index (χ1v) is 6.93. The highest BCUT2D eigenvalue weighted by molar-refractivity contribution is 7.89. The van der Waals surface area contributed by atoms with Crippen LogP contribution in [-0.2, 0) is 10.0 Å². The maximum absolute atomic E-state index is 11.9. The van der Waals surface area contributed by atoms with E-state index in [1.165, 1.54) is 30.3 Å². The fourth-order valence-corrected chi connectivity index (χ4v) is 2.88. The third-order valence-corrected chi connectivity index (χ3v) is 3.95. The molecule has 0 radical (unpaired) electrons. The Kier molecular flexibility index (Phi) is 3.23. The van der Waals surface area contributed by atoms with E-state index in [9.17, 15) is 13.2 Å². The van der Waals surface area contributed by atoms with Crippen molar-refractivity contribution in [3.05, 3.63) is 40.8 Å². The van der Waals surface area contributed by atoms with Crippen molar-refractivity contribution in [1.29, 1.82) is 0 Å². The molecule has 0 aliphatic carbocycles. The van der Waals surface area contributed by atoms with E-state index in [0.29, 0.717) is 11.0 Å².